The van der Waals surface area contributed by atoms with Gasteiger partial charge in [0.25, 0.3) is 0 Å². The molecule has 4 heteroatoms. The smallest absolute Gasteiger partial charge is 0.222 e. The van der Waals surface area contributed by atoms with Crippen LogP contribution >= 0.6 is 0 Å². The van der Waals surface area contributed by atoms with Gasteiger partial charge in [0, 0.05) is 19.0 Å². The zero-order chi connectivity index (χ0) is 15.3. The molecule has 0 spiro atoms. The molecule has 1 saturated carbocycles. The summed E-state index contributed by atoms with van der Waals surface area (Å²) in [6.45, 7) is 2.48. The highest BCUT2D eigenvalue weighted by Gasteiger charge is 2.32. The molecular weight excluding hydrogens is 264 g/mol. The molecule has 116 valence electrons. The number of nitrogens with two attached hydrogens (primary N) is 1. The number of amides is 1. The van der Waals surface area contributed by atoms with Gasteiger partial charge in [-0.15, -0.1) is 0 Å². The van der Waals surface area contributed by atoms with E-state index in [0.717, 1.165) is 31.2 Å². The quantitative estimate of drug-likeness (QED) is 0.777. The van der Waals surface area contributed by atoms with Crippen LogP contribution in [0, 0.1) is 5.92 Å². The summed E-state index contributed by atoms with van der Waals surface area (Å²) >= 11 is 0. The Morgan fingerprint density at radius 1 is 1.48 bits per heavy atom. The van der Waals surface area contributed by atoms with E-state index in [2.05, 4.69) is 12.2 Å². The molecule has 0 heterocycles. The molecule has 4 nitrogen and oxygen atoms in total. The summed E-state index contributed by atoms with van der Waals surface area (Å²) in [4.78, 5) is 12.0. The molecule has 0 radical (unpaired) electrons. The predicted octanol–water partition coefficient (Wildman–Crippen LogP) is 2.13. The SMILES string of the molecule is CC1CCCC(O)(CNC(=O)CC(N)c2ccccc2)C1. The summed E-state index contributed by atoms with van der Waals surface area (Å²) in [7, 11) is 0. The third-order valence-corrected chi connectivity index (χ3v) is 4.32. The monoisotopic (exact) mass is 290 g/mol. The van der Waals surface area contributed by atoms with Gasteiger partial charge in [-0.25, -0.2) is 0 Å². The van der Waals surface area contributed by atoms with Gasteiger partial charge < -0.3 is 16.2 Å². The fraction of sp³-hybridized carbons (Fsp3) is 0.588. The van der Waals surface area contributed by atoms with Crippen LogP contribution in [0.25, 0.3) is 0 Å². The predicted molar refractivity (Wildman–Crippen MR) is 83.6 cm³/mol. The van der Waals surface area contributed by atoms with Crippen molar-refractivity contribution in [3.63, 3.8) is 0 Å². The molecule has 3 atom stereocenters. The molecule has 1 aliphatic carbocycles. The van der Waals surface area contributed by atoms with Crippen molar-refractivity contribution in [2.45, 2.75) is 50.7 Å². The van der Waals surface area contributed by atoms with Crippen molar-refractivity contribution < 1.29 is 9.90 Å². The number of nitrogens with one attached hydrogen (secondary N) is 1. The first-order valence-electron chi connectivity index (χ1n) is 7.78. The maximum atomic E-state index is 12.0. The van der Waals surface area contributed by atoms with Crippen LogP contribution in [0.4, 0.5) is 0 Å². The lowest BCUT2D eigenvalue weighted by molar-refractivity contribution is -0.123. The second kappa shape index (κ2) is 7.05. The number of carbonyl (C=O) groups is 1. The van der Waals surface area contributed by atoms with Crippen molar-refractivity contribution in [3.8, 4) is 0 Å². The first kappa shape index (κ1) is 16.0. The number of carbonyl (C=O) groups excluding carboxylic acids is 1. The lowest BCUT2D eigenvalue weighted by Crippen LogP contribution is -2.46. The average Bonchev–Trinajstić information content (AvgIpc) is 2.46. The number of benzene rings is 1. The topological polar surface area (TPSA) is 75.3 Å². The van der Waals surface area contributed by atoms with Crippen molar-refractivity contribution >= 4 is 5.91 Å². The zero-order valence-electron chi connectivity index (χ0n) is 12.7. The molecule has 1 fully saturated rings. The van der Waals surface area contributed by atoms with Gasteiger partial charge in [-0.2, -0.15) is 0 Å². The minimum atomic E-state index is -0.746. The first-order valence-corrected chi connectivity index (χ1v) is 7.78. The fourth-order valence-electron chi connectivity index (χ4n) is 3.15. The third-order valence-electron chi connectivity index (χ3n) is 4.32. The van der Waals surface area contributed by atoms with Gasteiger partial charge in [-0.3, -0.25) is 4.79 Å². The van der Waals surface area contributed by atoms with Crippen molar-refractivity contribution in [1.29, 1.82) is 0 Å². The molecule has 21 heavy (non-hydrogen) atoms. The Kier molecular flexibility index (Phi) is 5.37. The van der Waals surface area contributed by atoms with Crippen molar-refractivity contribution in [2.24, 2.45) is 11.7 Å². The summed E-state index contributed by atoms with van der Waals surface area (Å²) in [6.07, 6.45) is 3.96. The molecule has 1 aliphatic rings. The molecule has 0 aliphatic heterocycles. The van der Waals surface area contributed by atoms with E-state index in [1.54, 1.807) is 0 Å². The summed E-state index contributed by atoms with van der Waals surface area (Å²) < 4.78 is 0. The number of rotatable bonds is 5. The Morgan fingerprint density at radius 3 is 2.86 bits per heavy atom. The van der Waals surface area contributed by atoms with Crippen LogP contribution in [0.1, 0.15) is 50.6 Å². The minimum absolute atomic E-state index is 0.0991. The van der Waals surface area contributed by atoms with Gasteiger partial charge in [0.05, 0.1) is 5.60 Å². The Bertz CT molecular complexity index is 463. The van der Waals surface area contributed by atoms with E-state index >= 15 is 0 Å². The number of hydrogen-bond donors (Lipinski definition) is 3. The van der Waals surface area contributed by atoms with Gasteiger partial charge in [-0.1, -0.05) is 50.1 Å². The summed E-state index contributed by atoms with van der Waals surface area (Å²) in [5.41, 5.74) is 6.25. The Hall–Kier alpha value is -1.39. The normalized spacial score (nSPS) is 27.1. The summed E-state index contributed by atoms with van der Waals surface area (Å²) in [5.74, 6) is 0.422. The van der Waals surface area contributed by atoms with E-state index in [4.69, 9.17) is 5.73 Å². The maximum absolute atomic E-state index is 12.0. The molecule has 3 unspecified atom stereocenters. The highest BCUT2D eigenvalue weighted by Crippen LogP contribution is 2.31. The van der Waals surface area contributed by atoms with Crippen LogP contribution in [0.2, 0.25) is 0 Å². The highest BCUT2D eigenvalue weighted by molar-refractivity contribution is 5.76. The molecule has 0 saturated heterocycles. The largest absolute Gasteiger partial charge is 0.388 e. The molecule has 0 aromatic heterocycles. The van der Waals surface area contributed by atoms with Crippen molar-refractivity contribution in [1.82, 2.24) is 5.32 Å². The standard InChI is InChI=1S/C17H26N2O2/c1-13-6-5-9-17(21,11-13)12-19-16(20)10-15(18)14-7-3-2-4-8-14/h2-4,7-8,13,15,21H,5-6,9-12,18H2,1H3,(H,19,20). The fourth-order valence-corrected chi connectivity index (χ4v) is 3.15. The van der Waals surface area contributed by atoms with Crippen LogP contribution in [-0.4, -0.2) is 23.2 Å². The van der Waals surface area contributed by atoms with E-state index in [-0.39, 0.29) is 18.4 Å². The first-order chi connectivity index (χ1) is 9.98. The van der Waals surface area contributed by atoms with Crippen LogP contribution in [0.5, 0.6) is 0 Å². The van der Waals surface area contributed by atoms with E-state index in [0.29, 0.717) is 12.5 Å². The van der Waals surface area contributed by atoms with Crippen LogP contribution in [-0.2, 0) is 4.79 Å². The lowest BCUT2D eigenvalue weighted by Gasteiger charge is -2.35. The molecule has 1 amide bonds. The molecular formula is C17H26N2O2. The molecule has 1 aromatic rings. The van der Waals surface area contributed by atoms with E-state index in [1.165, 1.54) is 0 Å². The van der Waals surface area contributed by atoms with Crippen LogP contribution in [0.3, 0.4) is 0 Å². The van der Waals surface area contributed by atoms with E-state index in [9.17, 15) is 9.90 Å². The Balaban J connectivity index is 1.79. The van der Waals surface area contributed by atoms with Crippen molar-refractivity contribution in [3.05, 3.63) is 35.9 Å². The number of hydrogen-bond acceptors (Lipinski definition) is 3. The van der Waals surface area contributed by atoms with Gasteiger partial charge in [0.2, 0.25) is 5.91 Å². The summed E-state index contributed by atoms with van der Waals surface area (Å²) in [6, 6.07) is 9.31. The molecule has 0 bridgehead atoms. The van der Waals surface area contributed by atoms with E-state index < -0.39 is 5.60 Å². The second-order valence-electron chi connectivity index (χ2n) is 6.42. The van der Waals surface area contributed by atoms with Crippen molar-refractivity contribution in [2.75, 3.05) is 6.54 Å². The number of aliphatic hydroxyl groups is 1. The summed E-state index contributed by atoms with van der Waals surface area (Å²) in [5, 5.41) is 13.3. The van der Waals surface area contributed by atoms with Crippen LogP contribution < -0.4 is 11.1 Å². The van der Waals surface area contributed by atoms with Gasteiger partial charge in [0.1, 0.15) is 0 Å². The van der Waals surface area contributed by atoms with Gasteiger partial charge >= 0.3 is 0 Å². The molecule has 2 rings (SSSR count). The Labute approximate surface area is 126 Å². The van der Waals surface area contributed by atoms with Gasteiger partial charge in [-0.05, 0) is 24.3 Å². The lowest BCUT2D eigenvalue weighted by atomic mass is 9.79. The molecule has 4 N–H and O–H groups in total. The molecule has 1 aromatic carbocycles. The Morgan fingerprint density at radius 2 is 2.19 bits per heavy atom. The highest BCUT2D eigenvalue weighted by atomic mass is 16.3. The van der Waals surface area contributed by atoms with Gasteiger partial charge in [0.15, 0.2) is 0 Å². The van der Waals surface area contributed by atoms with Crippen LogP contribution in [0.15, 0.2) is 30.3 Å². The third kappa shape index (κ3) is 4.83. The van der Waals surface area contributed by atoms with E-state index in [1.807, 2.05) is 30.3 Å². The zero-order valence-corrected chi connectivity index (χ0v) is 12.7. The second-order valence-corrected chi connectivity index (χ2v) is 6.42. The minimum Gasteiger partial charge on any atom is -0.388 e. The average molecular weight is 290 g/mol. The maximum Gasteiger partial charge on any atom is 0.222 e.